The Morgan fingerprint density at radius 2 is 1.91 bits per heavy atom. The van der Waals surface area contributed by atoms with E-state index in [9.17, 15) is 18.4 Å². The van der Waals surface area contributed by atoms with Crippen molar-refractivity contribution in [3.05, 3.63) is 59.7 Å². The Morgan fingerprint density at radius 1 is 1.18 bits per heavy atom. The molecule has 0 saturated carbocycles. The molecule has 4 nitrogen and oxygen atoms in total. The van der Waals surface area contributed by atoms with E-state index >= 15 is 0 Å². The molecule has 2 aromatic carbocycles. The van der Waals surface area contributed by atoms with Crippen LogP contribution in [0.2, 0.25) is 0 Å². The van der Waals surface area contributed by atoms with Crippen molar-refractivity contribution in [1.29, 1.82) is 0 Å². The second kappa shape index (κ2) is 5.22. The number of halogens is 2. The number of rotatable bonds is 1. The molecular weight excluding hydrogens is 290 g/mol. The van der Waals surface area contributed by atoms with Gasteiger partial charge >= 0.3 is 0 Å². The molecule has 2 amide bonds. The average molecular weight is 302 g/mol. The van der Waals surface area contributed by atoms with Crippen LogP contribution in [0.25, 0.3) is 0 Å². The molecule has 0 bridgehead atoms. The normalized spacial score (nSPS) is 17.0. The van der Waals surface area contributed by atoms with Crippen molar-refractivity contribution >= 4 is 23.2 Å². The van der Waals surface area contributed by atoms with Gasteiger partial charge in [-0.05, 0) is 31.2 Å². The van der Waals surface area contributed by atoms with Crippen LogP contribution in [0.3, 0.4) is 0 Å². The summed E-state index contributed by atoms with van der Waals surface area (Å²) in [6.07, 6.45) is 0. The minimum Gasteiger partial charge on any atom is -0.322 e. The quantitative estimate of drug-likeness (QED) is 0.880. The number of amides is 2. The number of para-hydroxylation sites is 2. The van der Waals surface area contributed by atoms with Crippen LogP contribution in [0.1, 0.15) is 17.3 Å². The molecular formula is C16H12F2N2O2. The van der Waals surface area contributed by atoms with Crippen molar-refractivity contribution in [1.82, 2.24) is 0 Å². The van der Waals surface area contributed by atoms with Crippen LogP contribution in [0.5, 0.6) is 0 Å². The summed E-state index contributed by atoms with van der Waals surface area (Å²) in [6, 6.07) is 8.68. The topological polar surface area (TPSA) is 49.4 Å². The Labute approximate surface area is 125 Å². The summed E-state index contributed by atoms with van der Waals surface area (Å²) < 4.78 is 26.9. The molecule has 22 heavy (non-hydrogen) atoms. The molecule has 0 fully saturated rings. The zero-order valence-electron chi connectivity index (χ0n) is 11.6. The third kappa shape index (κ3) is 2.22. The van der Waals surface area contributed by atoms with Gasteiger partial charge in [-0.1, -0.05) is 12.1 Å². The van der Waals surface area contributed by atoms with Crippen LogP contribution in [-0.2, 0) is 4.79 Å². The second-order valence-corrected chi connectivity index (χ2v) is 4.98. The van der Waals surface area contributed by atoms with Crippen molar-refractivity contribution in [3.8, 4) is 0 Å². The first kappa shape index (κ1) is 14.2. The third-order valence-corrected chi connectivity index (χ3v) is 3.57. The lowest BCUT2D eigenvalue weighted by molar-refractivity contribution is -0.117. The maximum absolute atomic E-state index is 13.9. The van der Waals surface area contributed by atoms with E-state index in [1.807, 2.05) is 0 Å². The van der Waals surface area contributed by atoms with Gasteiger partial charge in [0.2, 0.25) is 5.91 Å². The monoisotopic (exact) mass is 302 g/mol. The smallest absolute Gasteiger partial charge is 0.262 e. The summed E-state index contributed by atoms with van der Waals surface area (Å²) in [4.78, 5) is 25.8. The standard InChI is InChI=1S/C16H12F2N2O2/c1-9-15(21)19-13-4-2-3-5-14(13)20(9)16(22)11-7-6-10(17)8-12(11)18/h2-9H,1H3,(H,19,21)/t9-/m1/s1. The first-order valence-electron chi connectivity index (χ1n) is 6.67. The van der Waals surface area contributed by atoms with Gasteiger partial charge in [0.15, 0.2) is 0 Å². The van der Waals surface area contributed by atoms with Crippen molar-refractivity contribution in [2.24, 2.45) is 0 Å². The van der Waals surface area contributed by atoms with E-state index in [0.717, 1.165) is 12.1 Å². The molecule has 1 aliphatic rings. The largest absolute Gasteiger partial charge is 0.322 e. The molecule has 112 valence electrons. The summed E-state index contributed by atoms with van der Waals surface area (Å²) in [5, 5.41) is 2.68. The van der Waals surface area contributed by atoms with Crippen LogP contribution in [-0.4, -0.2) is 17.9 Å². The van der Waals surface area contributed by atoms with Gasteiger partial charge in [-0.2, -0.15) is 0 Å². The molecule has 0 saturated heterocycles. The highest BCUT2D eigenvalue weighted by molar-refractivity contribution is 6.16. The van der Waals surface area contributed by atoms with E-state index in [1.165, 1.54) is 4.90 Å². The summed E-state index contributed by atoms with van der Waals surface area (Å²) in [6.45, 7) is 1.55. The van der Waals surface area contributed by atoms with Gasteiger partial charge in [-0.15, -0.1) is 0 Å². The van der Waals surface area contributed by atoms with Crippen molar-refractivity contribution in [2.75, 3.05) is 10.2 Å². The Bertz CT molecular complexity index is 776. The lowest BCUT2D eigenvalue weighted by atomic mass is 10.1. The van der Waals surface area contributed by atoms with E-state index in [-0.39, 0.29) is 11.5 Å². The number of benzene rings is 2. The zero-order chi connectivity index (χ0) is 15.9. The molecule has 1 aliphatic heterocycles. The molecule has 1 N–H and O–H groups in total. The van der Waals surface area contributed by atoms with E-state index in [1.54, 1.807) is 31.2 Å². The number of fused-ring (bicyclic) bond motifs is 1. The number of carbonyl (C=O) groups excluding carboxylic acids is 2. The second-order valence-electron chi connectivity index (χ2n) is 4.98. The van der Waals surface area contributed by atoms with E-state index in [0.29, 0.717) is 17.4 Å². The van der Waals surface area contributed by atoms with Crippen LogP contribution in [0.4, 0.5) is 20.2 Å². The van der Waals surface area contributed by atoms with Crippen LogP contribution in [0.15, 0.2) is 42.5 Å². The molecule has 6 heteroatoms. The van der Waals surface area contributed by atoms with Gasteiger partial charge in [0.25, 0.3) is 5.91 Å². The first-order valence-corrected chi connectivity index (χ1v) is 6.67. The highest BCUT2D eigenvalue weighted by atomic mass is 19.1. The van der Waals surface area contributed by atoms with Crippen molar-refractivity contribution in [3.63, 3.8) is 0 Å². The maximum atomic E-state index is 13.9. The molecule has 0 aromatic heterocycles. The number of carbonyl (C=O) groups is 2. The Balaban J connectivity index is 2.09. The van der Waals surface area contributed by atoms with Gasteiger partial charge in [0, 0.05) is 6.07 Å². The summed E-state index contributed by atoms with van der Waals surface area (Å²) >= 11 is 0. The average Bonchev–Trinajstić information content (AvgIpc) is 2.48. The molecule has 2 aromatic rings. The predicted molar refractivity (Wildman–Crippen MR) is 77.7 cm³/mol. The van der Waals surface area contributed by atoms with E-state index in [4.69, 9.17) is 0 Å². The molecule has 0 spiro atoms. The molecule has 1 atom stereocenters. The zero-order valence-corrected chi connectivity index (χ0v) is 11.6. The molecule has 0 aliphatic carbocycles. The van der Waals surface area contributed by atoms with Gasteiger partial charge in [-0.3, -0.25) is 14.5 Å². The Morgan fingerprint density at radius 3 is 2.64 bits per heavy atom. The highest BCUT2D eigenvalue weighted by Crippen LogP contribution is 2.33. The molecule has 0 radical (unpaired) electrons. The molecule has 1 heterocycles. The van der Waals surface area contributed by atoms with Crippen LogP contribution < -0.4 is 10.2 Å². The number of nitrogens with one attached hydrogen (secondary N) is 1. The van der Waals surface area contributed by atoms with Crippen molar-refractivity contribution < 1.29 is 18.4 Å². The maximum Gasteiger partial charge on any atom is 0.262 e. The lowest BCUT2D eigenvalue weighted by Crippen LogP contribution is -2.49. The fraction of sp³-hybridized carbons (Fsp3) is 0.125. The minimum atomic E-state index is -0.958. The summed E-state index contributed by atoms with van der Waals surface area (Å²) in [7, 11) is 0. The van der Waals surface area contributed by atoms with Gasteiger partial charge < -0.3 is 5.32 Å². The summed E-state index contributed by atoms with van der Waals surface area (Å²) in [5.41, 5.74) is 0.669. The van der Waals surface area contributed by atoms with Crippen LogP contribution >= 0.6 is 0 Å². The number of nitrogens with zero attached hydrogens (tertiary/aromatic N) is 1. The van der Waals surface area contributed by atoms with E-state index in [2.05, 4.69) is 5.32 Å². The van der Waals surface area contributed by atoms with Gasteiger partial charge in [0.05, 0.1) is 16.9 Å². The molecule has 0 unspecified atom stereocenters. The van der Waals surface area contributed by atoms with Crippen LogP contribution in [0, 0.1) is 11.6 Å². The SMILES string of the molecule is C[C@@H]1C(=O)Nc2ccccc2N1C(=O)c1ccc(F)cc1F. The van der Waals surface area contributed by atoms with E-state index < -0.39 is 23.6 Å². The fourth-order valence-corrected chi connectivity index (χ4v) is 2.43. The van der Waals surface area contributed by atoms with Gasteiger partial charge in [0.1, 0.15) is 17.7 Å². The van der Waals surface area contributed by atoms with Gasteiger partial charge in [-0.25, -0.2) is 8.78 Å². The Hall–Kier alpha value is -2.76. The van der Waals surface area contributed by atoms with Crippen molar-refractivity contribution in [2.45, 2.75) is 13.0 Å². The fourth-order valence-electron chi connectivity index (χ4n) is 2.43. The summed E-state index contributed by atoms with van der Waals surface area (Å²) in [5.74, 6) is -2.78. The number of anilines is 2. The Kier molecular flexibility index (Phi) is 3.36. The first-order chi connectivity index (χ1) is 10.5. The lowest BCUT2D eigenvalue weighted by Gasteiger charge is -2.34. The minimum absolute atomic E-state index is 0.280. The molecule has 3 rings (SSSR count). The number of hydrogen-bond donors (Lipinski definition) is 1. The third-order valence-electron chi connectivity index (χ3n) is 3.57. The number of hydrogen-bond acceptors (Lipinski definition) is 2. The predicted octanol–water partition coefficient (Wildman–Crippen LogP) is 2.95. The highest BCUT2D eigenvalue weighted by Gasteiger charge is 2.35.